The van der Waals surface area contributed by atoms with Gasteiger partial charge in [0.15, 0.2) is 11.5 Å². The standard InChI is InChI=1S/C17H24O5/c1-4-7-16(18)21-14-10-9-13(20-11-6-3)12-15(14)22-17(19)8-5-2/h9-10,12H,4-8,11H2,1-3H3. The normalized spacial score (nSPS) is 10.1. The van der Waals surface area contributed by atoms with Crippen LogP contribution in [0.25, 0.3) is 0 Å². The van der Waals surface area contributed by atoms with Crippen molar-refractivity contribution in [3.8, 4) is 17.2 Å². The Kier molecular flexibility index (Phi) is 8.04. The van der Waals surface area contributed by atoms with E-state index in [9.17, 15) is 9.59 Å². The summed E-state index contributed by atoms with van der Waals surface area (Å²) >= 11 is 0. The highest BCUT2D eigenvalue weighted by Crippen LogP contribution is 2.32. The molecule has 1 rings (SSSR count). The smallest absolute Gasteiger partial charge is 0.311 e. The number of hydrogen-bond donors (Lipinski definition) is 0. The van der Waals surface area contributed by atoms with Gasteiger partial charge in [-0.3, -0.25) is 9.59 Å². The molecule has 0 radical (unpaired) electrons. The van der Waals surface area contributed by atoms with Crippen LogP contribution < -0.4 is 14.2 Å². The minimum Gasteiger partial charge on any atom is -0.493 e. The highest BCUT2D eigenvalue weighted by Gasteiger charge is 2.14. The van der Waals surface area contributed by atoms with E-state index in [-0.39, 0.29) is 23.4 Å². The predicted molar refractivity (Wildman–Crippen MR) is 83.3 cm³/mol. The van der Waals surface area contributed by atoms with Crippen molar-refractivity contribution >= 4 is 11.9 Å². The van der Waals surface area contributed by atoms with Crippen LogP contribution in [0.5, 0.6) is 17.2 Å². The first kappa shape index (κ1) is 18.0. The van der Waals surface area contributed by atoms with Gasteiger partial charge in [-0.05, 0) is 31.4 Å². The van der Waals surface area contributed by atoms with Gasteiger partial charge in [0.2, 0.25) is 0 Å². The maximum absolute atomic E-state index is 11.7. The van der Waals surface area contributed by atoms with E-state index in [0.29, 0.717) is 38.0 Å². The van der Waals surface area contributed by atoms with E-state index >= 15 is 0 Å². The van der Waals surface area contributed by atoms with Crippen molar-refractivity contribution < 1.29 is 23.8 Å². The van der Waals surface area contributed by atoms with Crippen molar-refractivity contribution in [2.24, 2.45) is 0 Å². The first-order valence-electron chi connectivity index (χ1n) is 7.78. The number of carbonyl (C=O) groups excluding carboxylic acids is 2. The van der Waals surface area contributed by atoms with Gasteiger partial charge < -0.3 is 14.2 Å². The third-order valence-corrected chi connectivity index (χ3v) is 2.74. The zero-order valence-electron chi connectivity index (χ0n) is 13.5. The fourth-order valence-electron chi connectivity index (χ4n) is 1.72. The molecule has 5 heteroatoms. The molecule has 1 aromatic rings. The van der Waals surface area contributed by atoms with Crippen LogP contribution in [0.15, 0.2) is 18.2 Å². The lowest BCUT2D eigenvalue weighted by atomic mass is 10.3. The molecule has 0 aliphatic heterocycles. The van der Waals surface area contributed by atoms with E-state index in [2.05, 4.69) is 0 Å². The molecule has 0 aliphatic carbocycles. The molecule has 0 aliphatic rings. The van der Waals surface area contributed by atoms with E-state index in [1.165, 1.54) is 0 Å². The third-order valence-electron chi connectivity index (χ3n) is 2.74. The van der Waals surface area contributed by atoms with Crippen molar-refractivity contribution in [2.75, 3.05) is 6.61 Å². The Morgan fingerprint density at radius 3 is 2.00 bits per heavy atom. The van der Waals surface area contributed by atoms with Gasteiger partial charge in [0.05, 0.1) is 6.61 Å². The van der Waals surface area contributed by atoms with E-state index in [1.807, 2.05) is 20.8 Å². The summed E-state index contributed by atoms with van der Waals surface area (Å²) in [5.74, 6) is 0.333. The molecule has 5 nitrogen and oxygen atoms in total. The van der Waals surface area contributed by atoms with Crippen LogP contribution in [0, 0.1) is 0 Å². The minimum absolute atomic E-state index is 0.219. The summed E-state index contributed by atoms with van der Waals surface area (Å²) in [6.45, 7) is 6.36. The number of hydrogen-bond acceptors (Lipinski definition) is 5. The lowest BCUT2D eigenvalue weighted by Crippen LogP contribution is -2.11. The second-order valence-electron chi connectivity index (χ2n) is 4.91. The third kappa shape index (κ3) is 6.16. The zero-order valence-corrected chi connectivity index (χ0v) is 13.5. The first-order valence-corrected chi connectivity index (χ1v) is 7.78. The molecule has 0 bridgehead atoms. The van der Waals surface area contributed by atoms with E-state index in [4.69, 9.17) is 14.2 Å². The molecule has 0 aromatic heterocycles. The van der Waals surface area contributed by atoms with Gasteiger partial charge in [0.25, 0.3) is 0 Å². The Hall–Kier alpha value is -2.04. The second-order valence-corrected chi connectivity index (χ2v) is 4.91. The summed E-state index contributed by atoms with van der Waals surface area (Å²) in [6, 6.07) is 4.87. The number of ether oxygens (including phenoxy) is 3. The maximum Gasteiger partial charge on any atom is 0.311 e. The molecule has 1 aromatic carbocycles. The molecule has 0 heterocycles. The summed E-state index contributed by atoms with van der Waals surface area (Å²) in [6.07, 6.45) is 2.88. The Morgan fingerprint density at radius 2 is 1.45 bits per heavy atom. The monoisotopic (exact) mass is 308 g/mol. The van der Waals surface area contributed by atoms with E-state index < -0.39 is 0 Å². The highest BCUT2D eigenvalue weighted by atomic mass is 16.6. The minimum atomic E-state index is -0.358. The van der Waals surface area contributed by atoms with Crippen LogP contribution in [-0.2, 0) is 9.59 Å². The fraction of sp³-hybridized carbons (Fsp3) is 0.529. The lowest BCUT2D eigenvalue weighted by molar-refractivity contribution is -0.137. The van der Waals surface area contributed by atoms with Crippen molar-refractivity contribution in [1.82, 2.24) is 0 Å². The van der Waals surface area contributed by atoms with E-state index in [0.717, 1.165) is 6.42 Å². The molecular weight excluding hydrogens is 284 g/mol. The highest BCUT2D eigenvalue weighted by molar-refractivity contribution is 5.76. The van der Waals surface area contributed by atoms with Gasteiger partial charge in [-0.25, -0.2) is 0 Å². The average Bonchev–Trinajstić information content (AvgIpc) is 2.48. The van der Waals surface area contributed by atoms with Gasteiger partial charge in [-0.2, -0.15) is 0 Å². The van der Waals surface area contributed by atoms with Crippen LogP contribution in [0.1, 0.15) is 52.9 Å². The quantitative estimate of drug-likeness (QED) is 0.511. The van der Waals surface area contributed by atoms with Crippen LogP contribution in [0.2, 0.25) is 0 Å². The van der Waals surface area contributed by atoms with Crippen molar-refractivity contribution in [3.63, 3.8) is 0 Å². The Balaban J connectivity index is 2.92. The SMILES string of the molecule is CCCOc1ccc(OC(=O)CCC)c(OC(=O)CCC)c1. The molecule has 0 atom stereocenters. The number of benzene rings is 1. The van der Waals surface area contributed by atoms with Crippen molar-refractivity contribution in [2.45, 2.75) is 52.9 Å². The molecule has 0 fully saturated rings. The molecule has 122 valence electrons. The predicted octanol–water partition coefficient (Wildman–Crippen LogP) is 3.89. The first-order chi connectivity index (χ1) is 10.6. The number of carbonyl (C=O) groups is 2. The van der Waals surface area contributed by atoms with Crippen LogP contribution >= 0.6 is 0 Å². The molecule has 0 saturated carbocycles. The summed E-state index contributed by atoms with van der Waals surface area (Å²) in [7, 11) is 0. The number of esters is 2. The van der Waals surface area contributed by atoms with Gasteiger partial charge in [-0.15, -0.1) is 0 Å². The average molecular weight is 308 g/mol. The van der Waals surface area contributed by atoms with Gasteiger partial charge in [0.1, 0.15) is 5.75 Å². The molecule has 0 spiro atoms. The van der Waals surface area contributed by atoms with Crippen LogP contribution in [-0.4, -0.2) is 18.5 Å². The molecule has 0 saturated heterocycles. The summed E-state index contributed by atoms with van der Waals surface area (Å²) in [4.78, 5) is 23.3. The second kappa shape index (κ2) is 9.82. The molecule has 0 unspecified atom stereocenters. The Bertz CT molecular complexity index is 496. The van der Waals surface area contributed by atoms with Gasteiger partial charge in [-0.1, -0.05) is 20.8 Å². The van der Waals surface area contributed by atoms with Crippen molar-refractivity contribution in [3.05, 3.63) is 18.2 Å². The lowest BCUT2D eigenvalue weighted by Gasteiger charge is -2.12. The van der Waals surface area contributed by atoms with E-state index in [1.54, 1.807) is 18.2 Å². The largest absolute Gasteiger partial charge is 0.493 e. The zero-order chi connectivity index (χ0) is 16.4. The van der Waals surface area contributed by atoms with Crippen LogP contribution in [0.3, 0.4) is 0 Å². The van der Waals surface area contributed by atoms with Gasteiger partial charge in [0, 0.05) is 18.9 Å². The van der Waals surface area contributed by atoms with Crippen molar-refractivity contribution in [1.29, 1.82) is 0 Å². The molecule has 0 N–H and O–H groups in total. The molecular formula is C17H24O5. The summed E-state index contributed by atoms with van der Waals surface area (Å²) in [5, 5.41) is 0. The summed E-state index contributed by atoms with van der Waals surface area (Å²) < 4.78 is 16.1. The maximum atomic E-state index is 11.7. The summed E-state index contributed by atoms with van der Waals surface area (Å²) in [5.41, 5.74) is 0. The Labute approximate surface area is 131 Å². The van der Waals surface area contributed by atoms with Crippen LogP contribution in [0.4, 0.5) is 0 Å². The Morgan fingerprint density at radius 1 is 0.864 bits per heavy atom. The molecule has 0 amide bonds. The molecule has 22 heavy (non-hydrogen) atoms. The van der Waals surface area contributed by atoms with Gasteiger partial charge >= 0.3 is 11.9 Å². The topological polar surface area (TPSA) is 61.8 Å². The fourth-order valence-corrected chi connectivity index (χ4v) is 1.72. The number of rotatable bonds is 9.